The first-order chi connectivity index (χ1) is 9.96. The van der Waals surface area contributed by atoms with Gasteiger partial charge in [0.15, 0.2) is 11.6 Å². The maximum Gasteiger partial charge on any atom is 0.225 e. The average Bonchev–Trinajstić information content (AvgIpc) is 2.45. The van der Waals surface area contributed by atoms with Crippen LogP contribution in [0.3, 0.4) is 0 Å². The van der Waals surface area contributed by atoms with Crippen LogP contribution in [0.2, 0.25) is 0 Å². The molecule has 1 saturated carbocycles. The van der Waals surface area contributed by atoms with Gasteiger partial charge in [0.1, 0.15) is 5.82 Å². The zero-order valence-corrected chi connectivity index (χ0v) is 11.7. The fourth-order valence-electron chi connectivity index (χ4n) is 2.91. The molecule has 0 spiro atoms. The van der Waals surface area contributed by atoms with Crippen LogP contribution in [0.25, 0.3) is 0 Å². The van der Waals surface area contributed by atoms with Gasteiger partial charge in [-0.25, -0.2) is 13.2 Å². The zero-order chi connectivity index (χ0) is 15.5. The Hall–Kier alpha value is -1.56. The number of nitrogens with one attached hydrogen (secondary N) is 1. The lowest BCUT2D eigenvalue weighted by molar-refractivity contribution is -0.118. The fourth-order valence-corrected chi connectivity index (χ4v) is 2.91. The molecule has 3 nitrogen and oxygen atoms in total. The highest BCUT2D eigenvalue weighted by Crippen LogP contribution is 2.38. The van der Waals surface area contributed by atoms with Crippen molar-refractivity contribution in [3.05, 3.63) is 29.6 Å². The van der Waals surface area contributed by atoms with Crippen molar-refractivity contribution >= 4 is 11.6 Å². The van der Waals surface area contributed by atoms with Gasteiger partial charge in [-0.15, -0.1) is 0 Å². The molecule has 0 radical (unpaired) electrons. The predicted octanol–water partition coefficient (Wildman–Crippen LogP) is 3.34. The van der Waals surface area contributed by atoms with Crippen molar-refractivity contribution in [2.45, 2.75) is 38.5 Å². The minimum Gasteiger partial charge on any atom is -0.330 e. The molecule has 1 aliphatic carbocycles. The van der Waals surface area contributed by atoms with Crippen LogP contribution in [0.15, 0.2) is 12.1 Å². The van der Waals surface area contributed by atoms with Gasteiger partial charge in [0.25, 0.3) is 0 Å². The van der Waals surface area contributed by atoms with Gasteiger partial charge in [0, 0.05) is 18.6 Å². The van der Waals surface area contributed by atoms with E-state index in [0.717, 1.165) is 32.1 Å². The number of hydrogen-bond donors (Lipinski definition) is 2. The van der Waals surface area contributed by atoms with Gasteiger partial charge in [-0.05, 0) is 24.8 Å². The lowest BCUT2D eigenvalue weighted by Gasteiger charge is -2.35. The summed E-state index contributed by atoms with van der Waals surface area (Å²) in [6.45, 7) is 0.390. The summed E-state index contributed by atoms with van der Waals surface area (Å²) in [7, 11) is 0. The summed E-state index contributed by atoms with van der Waals surface area (Å²) in [6.07, 6.45) is 5.05. The highest BCUT2D eigenvalue weighted by Gasteiger charge is 2.33. The smallest absolute Gasteiger partial charge is 0.225 e. The normalized spacial score (nSPS) is 17.5. The molecule has 2 rings (SSSR count). The molecule has 0 atom stereocenters. The van der Waals surface area contributed by atoms with Crippen LogP contribution in [0.1, 0.15) is 38.5 Å². The standard InChI is InChI=1S/C15H19F3N2O/c16-10-6-12(18)13(7-11(10)17)20-14(21)8-15(9-19)4-2-1-3-5-15/h6-7H,1-5,8-9,19H2,(H,20,21). The van der Waals surface area contributed by atoms with Crippen LogP contribution in [-0.2, 0) is 4.79 Å². The number of benzene rings is 1. The number of rotatable bonds is 4. The van der Waals surface area contributed by atoms with E-state index in [1.54, 1.807) is 0 Å². The maximum absolute atomic E-state index is 13.5. The number of hydrogen-bond acceptors (Lipinski definition) is 2. The van der Waals surface area contributed by atoms with Gasteiger partial charge < -0.3 is 11.1 Å². The van der Waals surface area contributed by atoms with E-state index in [9.17, 15) is 18.0 Å². The minimum atomic E-state index is -1.28. The van der Waals surface area contributed by atoms with Gasteiger partial charge in [0.2, 0.25) is 5.91 Å². The van der Waals surface area contributed by atoms with E-state index < -0.39 is 23.4 Å². The second-order valence-electron chi connectivity index (χ2n) is 5.74. The Labute approximate surface area is 121 Å². The van der Waals surface area contributed by atoms with Crippen molar-refractivity contribution in [3.8, 4) is 0 Å². The van der Waals surface area contributed by atoms with Crippen LogP contribution in [-0.4, -0.2) is 12.5 Å². The van der Waals surface area contributed by atoms with Gasteiger partial charge in [-0.2, -0.15) is 0 Å². The first-order valence-electron chi connectivity index (χ1n) is 7.10. The summed E-state index contributed by atoms with van der Waals surface area (Å²) in [4.78, 5) is 12.0. The Morgan fingerprint density at radius 3 is 2.33 bits per heavy atom. The Kier molecular flexibility index (Phi) is 4.88. The lowest BCUT2D eigenvalue weighted by Crippen LogP contribution is -2.36. The largest absolute Gasteiger partial charge is 0.330 e. The molecule has 3 N–H and O–H groups in total. The Bertz CT molecular complexity index is 528. The molecule has 21 heavy (non-hydrogen) atoms. The number of halogens is 3. The van der Waals surface area contributed by atoms with E-state index in [1.165, 1.54) is 0 Å². The summed E-state index contributed by atoms with van der Waals surface area (Å²) in [5.41, 5.74) is 5.18. The number of amides is 1. The minimum absolute atomic E-state index is 0.169. The molecular formula is C15H19F3N2O. The average molecular weight is 300 g/mol. The van der Waals surface area contributed by atoms with E-state index in [1.807, 2.05) is 0 Å². The van der Waals surface area contributed by atoms with Gasteiger partial charge in [-0.1, -0.05) is 19.3 Å². The van der Waals surface area contributed by atoms with Crippen LogP contribution >= 0.6 is 0 Å². The van der Waals surface area contributed by atoms with E-state index in [-0.39, 0.29) is 17.5 Å². The molecule has 6 heteroatoms. The van der Waals surface area contributed by atoms with E-state index in [0.29, 0.717) is 18.7 Å². The van der Waals surface area contributed by atoms with Crippen molar-refractivity contribution in [1.29, 1.82) is 0 Å². The highest BCUT2D eigenvalue weighted by molar-refractivity contribution is 5.91. The Morgan fingerprint density at radius 2 is 1.71 bits per heavy atom. The van der Waals surface area contributed by atoms with Crippen LogP contribution in [0.4, 0.5) is 18.9 Å². The second-order valence-corrected chi connectivity index (χ2v) is 5.74. The molecule has 1 aromatic rings. The van der Waals surface area contributed by atoms with Crippen molar-refractivity contribution in [2.24, 2.45) is 11.1 Å². The Morgan fingerprint density at radius 1 is 1.10 bits per heavy atom. The first-order valence-corrected chi connectivity index (χ1v) is 7.10. The molecule has 0 bridgehead atoms. The molecule has 1 amide bonds. The molecule has 1 fully saturated rings. The molecule has 0 saturated heterocycles. The van der Waals surface area contributed by atoms with Crippen LogP contribution in [0, 0.1) is 22.9 Å². The monoisotopic (exact) mass is 300 g/mol. The number of carbonyl (C=O) groups excluding carboxylic acids is 1. The van der Waals surface area contributed by atoms with E-state index in [4.69, 9.17) is 5.73 Å². The SMILES string of the molecule is NCC1(CC(=O)Nc2cc(F)c(F)cc2F)CCCCC1. The third kappa shape index (κ3) is 3.75. The molecule has 116 valence electrons. The summed E-state index contributed by atoms with van der Waals surface area (Å²) in [5, 5.41) is 2.31. The van der Waals surface area contributed by atoms with Crippen molar-refractivity contribution in [3.63, 3.8) is 0 Å². The topological polar surface area (TPSA) is 55.1 Å². The zero-order valence-electron chi connectivity index (χ0n) is 11.7. The van der Waals surface area contributed by atoms with Crippen molar-refractivity contribution in [1.82, 2.24) is 0 Å². The van der Waals surface area contributed by atoms with Gasteiger partial charge in [-0.3, -0.25) is 4.79 Å². The maximum atomic E-state index is 13.5. The number of nitrogens with two attached hydrogens (primary N) is 1. The summed E-state index contributed by atoms with van der Waals surface area (Å²) < 4.78 is 39.4. The molecule has 0 aromatic heterocycles. The van der Waals surface area contributed by atoms with Crippen molar-refractivity contribution in [2.75, 3.05) is 11.9 Å². The highest BCUT2D eigenvalue weighted by atomic mass is 19.2. The Balaban J connectivity index is 2.06. The quantitative estimate of drug-likeness (QED) is 0.838. The van der Waals surface area contributed by atoms with Crippen LogP contribution in [0.5, 0.6) is 0 Å². The predicted molar refractivity (Wildman–Crippen MR) is 74.1 cm³/mol. The van der Waals surface area contributed by atoms with Crippen molar-refractivity contribution < 1.29 is 18.0 Å². The van der Waals surface area contributed by atoms with E-state index >= 15 is 0 Å². The molecule has 0 aliphatic heterocycles. The summed E-state index contributed by atoms with van der Waals surface area (Å²) >= 11 is 0. The lowest BCUT2D eigenvalue weighted by atomic mass is 9.71. The third-order valence-electron chi connectivity index (χ3n) is 4.17. The second kappa shape index (κ2) is 6.47. The number of carbonyl (C=O) groups is 1. The molecular weight excluding hydrogens is 281 g/mol. The fraction of sp³-hybridized carbons (Fsp3) is 0.533. The van der Waals surface area contributed by atoms with E-state index in [2.05, 4.69) is 5.32 Å². The molecule has 0 heterocycles. The summed E-state index contributed by atoms with van der Waals surface area (Å²) in [6, 6.07) is 1.07. The molecule has 0 unspecified atom stereocenters. The summed E-state index contributed by atoms with van der Waals surface area (Å²) in [5.74, 6) is -3.89. The number of anilines is 1. The van der Waals surface area contributed by atoms with Gasteiger partial charge in [0.05, 0.1) is 5.69 Å². The van der Waals surface area contributed by atoms with Crippen LogP contribution < -0.4 is 11.1 Å². The third-order valence-corrected chi connectivity index (χ3v) is 4.17. The molecule has 1 aliphatic rings. The first kappa shape index (κ1) is 15.8. The molecule has 1 aromatic carbocycles. The van der Waals surface area contributed by atoms with Gasteiger partial charge >= 0.3 is 0 Å².